The number of benzene rings is 1. The molecule has 1 aromatic heterocycles. The Kier molecular flexibility index (Phi) is 4.24. The van der Waals surface area contributed by atoms with Crippen LogP contribution in [0.5, 0.6) is 0 Å². The Morgan fingerprint density at radius 2 is 2.14 bits per heavy atom. The topological polar surface area (TPSA) is 53.7 Å². The maximum Gasteiger partial charge on any atom is 0.254 e. The number of hydrogen-bond donors (Lipinski definition) is 1. The van der Waals surface area contributed by atoms with E-state index >= 15 is 0 Å². The predicted molar refractivity (Wildman–Crippen MR) is 78.7 cm³/mol. The second-order valence-corrected chi connectivity index (χ2v) is 5.57. The average Bonchev–Trinajstić information content (AvgIpc) is 3.18. The summed E-state index contributed by atoms with van der Waals surface area (Å²) in [6.07, 6.45) is 3.00. The van der Waals surface area contributed by atoms with Crippen LogP contribution in [0, 0.1) is 5.82 Å². The van der Waals surface area contributed by atoms with Crippen molar-refractivity contribution >= 4 is 5.91 Å². The summed E-state index contributed by atoms with van der Waals surface area (Å²) >= 11 is 0. The van der Waals surface area contributed by atoms with Crippen molar-refractivity contribution in [2.24, 2.45) is 0 Å². The summed E-state index contributed by atoms with van der Waals surface area (Å²) in [5.41, 5.74) is 0.473. The normalized spacial score (nSPS) is 19.4. The van der Waals surface area contributed by atoms with Crippen LogP contribution in [0.25, 0.3) is 0 Å². The smallest absolute Gasteiger partial charge is 0.254 e. The van der Waals surface area contributed by atoms with Gasteiger partial charge in [0.2, 0.25) is 0 Å². The van der Waals surface area contributed by atoms with Crippen LogP contribution in [0.4, 0.5) is 4.39 Å². The van der Waals surface area contributed by atoms with Gasteiger partial charge in [-0.05, 0) is 49.2 Å². The van der Waals surface area contributed by atoms with Gasteiger partial charge in [-0.15, -0.1) is 0 Å². The molecule has 22 heavy (non-hydrogen) atoms. The first-order valence-corrected chi connectivity index (χ1v) is 7.43. The fraction of sp³-hybridized carbons (Fsp3) is 0.353. The van der Waals surface area contributed by atoms with Gasteiger partial charge in [-0.2, -0.15) is 0 Å². The summed E-state index contributed by atoms with van der Waals surface area (Å²) < 4.78 is 18.2. The predicted octanol–water partition coefficient (Wildman–Crippen LogP) is 3.15. The standard InChI is InChI=1S/C17H18FNO3/c18-13-7-5-12(6-8-13)17(21)19-9-1-3-14(19)11-15(20)16-4-2-10-22-16/h2,4-8,10,14-15,20H,1,3,9,11H2. The molecule has 3 rings (SSSR count). The van der Waals surface area contributed by atoms with E-state index < -0.39 is 6.10 Å². The van der Waals surface area contributed by atoms with Gasteiger partial charge in [0.05, 0.1) is 6.26 Å². The Hall–Kier alpha value is -2.14. The average molecular weight is 303 g/mol. The fourth-order valence-electron chi connectivity index (χ4n) is 2.96. The van der Waals surface area contributed by atoms with Crippen molar-refractivity contribution in [1.29, 1.82) is 0 Å². The van der Waals surface area contributed by atoms with E-state index in [2.05, 4.69) is 0 Å². The van der Waals surface area contributed by atoms with Crippen LogP contribution in [-0.4, -0.2) is 28.5 Å². The second-order valence-electron chi connectivity index (χ2n) is 5.57. The lowest BCUT2D eigenvalue weighted by Crippen LogP contribution is -2.36. The van der Waals surface area contributed by atoms with Gasteiger partial charge in [0.25, 0.3) is 5.91 Å². The lowest BCUT2D eigenvalue weighted by atomic mass is 10.0. The number of likely N-dealkylation sites (tertiary alicyclic amines) is 1. The number of aliphatic hydroxyl groups excluding tert-OH is 1. The molecule has 2 aromatic rings. The molecule has 1 N–H and O–H groups in total. The highest BCUT2D eigenvalue weighted by Crippen LogP contribution is 2.28. The minimum Gasteiger partial charge on any atom is -0.467 e. The zero-order valence-corrected chi connectivity index (χ0v) is 12.1. The van der Waals surface area contributed by atoms with Crippen molar-refractivity contribution in [3.63, 3.8) is 0 Å². The van der Waals surface area contributed by atoms with E-state index in [1.54, 1.807) is 17.0 Å². The number of hydrogen-bond acceptors (Lipinski definition) is 3. The molecule has 1 aliphatic heterocycles. The lowest BCUT2D eigenvalue weighted by Gasteiger charge is -2.26. The third-order valence-electron chi connectivity index (χ3n) is 4.10. The first-order chi connectivity index (χ1) is 10.6. The molecule has 0 aliphatic carbocycles. The van der Waals surface area contributed by atoms with Crippen LogP contribution in [-0.2, 0) is 0 Å². The summed E-state index contributed by atoms with van der Waals surface area (Å²) in [5.74, 6) is 0.0398. The molecule has 2 atom stereocenters. The van der Waals surface area contributed by atoms with Crippen molar-refractivity contribution < 1.29 is 18.7 Å². The van der Waals surface area contributed by atoms with Crippen LogP contribution in [0.15, 0.2) is 47.1 Å². The number of carbonyl (C=O) groups excluding carboxylic acids is 1. The zero-order chi connectivity index (χ0) is 15.5. The molecule has 2 heterocycles. The fourth-order valence-corrected chi connectivity index (χ4v) is 2.96. The molecule has 1 saturated heterocycles. The monoisotopic (exact) mass is 303 g/mol. The van der Waals surface area contributed by atoms with E-state index in [-0.39, 0.29) is 17.8 Å². The lowest BCUT2D eigenvalue weighted by molar-refractivity contribution is 0.0641. The molecule has 5 heteroatoms. The van der Waals surface area contributed by atoms with Gasteiger partial charge in [-0.1, -0.05) is 0 Å². The summed E-state index contributed by atoms with van der Waals surface area (Å²) in [6.45, 7) is 0.658. The van der Waals surface area contributed by atoms with Gasteiger partial charge < -0.3 is 14.4 Å². The number of halogens is 1. The number of amides is 1. The van der Waals surface area contributed by atoms with Crippen molar-refractivity contribution in [3.8, 4) is 0 Å². The molecule has 1 aliphatic rings. The minimum atomic E-state index is -0.721. The third kappa shape index (κ3) is 3.04. The SMILES string of the molecule is O=C(c1ccc(F)cc1)N1CCCC1CC(O)c1ccco1. The van der Waals surface area contributed by atoms with Gasteiger partial charge in [0.1, 0.15) is 17.7 Å². The largest absolute Gasteiger partial charge is 0.467 e. The molecule has 0 radical (unpaired) electrons. The highest BCUT2D eigenvalue weighted by atomic mass is 19.1. The number of rotatable bonds is 4. The highest BCUT2D eigenvalue weighted by molar-refractivity contribution is 5.94. The maximum atomic E-state index is 13.0. The third-order valence-corrected chi connectivity index (χ3v) is 4.10. The van der Waals surface area contributed by atoms with E-state index in [0.717, 1.165) is 12.8 Å². The van der Waals surface area contributed by atoms with E-state index in [9.17, 15) is 14.3 Å². The first-order valence-electron chi connectivity index (χ1n) is 7.43. The van der Waals surface area contributed by atoms with Crippen LogP contribution in [0.1, 0.15) is 41.5 Å². The first kappa shape index (κ1) is 14.8. The van der Waals surface area contributed by atoms with Crippen LogP contribution in [0.2, 0.25) is 0 Å². The van der Waals surface area contributed by atoms with Crippen molar-refractivity contribution in [2.45, 2.75) is 31.4 Å². The molecule has 0 saturated carbocycles. The zero-order valence-electron chi connectivity index (χ0n) is 12.1. The summed E-state index contributed by atoms with van der Waals surface area (Å²) in [4.78, 5) is 14.3. The Morgan fingerprint density at radius 1 is 1.36 bits per heavy atom. The number of aliphatic hydroxyl groups is 1. The molecule has 116 valence electrons. The Labute approximate surface area is 128 Å². The highest BCUT2D eigenvalue weighted by Gasteiger charge is 2.31. The molecule has 0 bridgehead atoms. The Bertz CT molecular complexity index is 624. The van der Waals surface area contributed by atoms with Crippen molar-refractivity contribution in [3.05, 3.63) is 59.8 Å². The quantitative estimate of drug-likeness (QED) is 0.944. The minimum absolute atomic E-state index is 0.0300. The van der Waals surface area contributed by atoms with Gasteiger partial charge in [0, 0.05) is 24.6 Å². The van der Waals surface area contributed by atoms with Crippen LogP contribution in [0.3, 0.4) is 0 Å². The summed E-state index contributed by atoms with van der Waals surface area (Å²) in [5, 5.41) is 10.2. The second kappa shape index (κ2) is 6.32. The van der Waals surface area contributed by atoms with Gasteiger partial charge >= 0.3 is 0 Å². The number of carbonyl (C=O) groups is 1. The number of nitrogens with zero attached hydrogens (tertiary/aromatic N) is 1. The van der Waals surface area contributed by atoms with E-state index in [1.807, 2.05) is 0 Å². The van der Waals surface area contributed by atoms with Crippen LogP contribution < -0.4 is 0 Å². The molecular weight excluding hydrogens is 285 g/mol. The van der Waals surface area contributed by atoms with Gasteiger partial charge in [-0.3, -0.25) is 4.79 Å². The molecule has 0 spiro atoms. The van der Waals surface area contributed by atoms with Crippen molar-refractivity contribution in [2.75, 3.05) is 6.54 Å². The Balaban J connectivity index is 1.70. The molecular formula is C17H18FNO3. The molecule has 4 nitrogen and oxygen atoms in total. The molecule has 1 aromatic carbocycles. The molecule has 2 unspecified atom stereocenters. The van der Waals surface area contributed by atoms with E-state index in [1.165, 1.54) is 30.5 Å². The Morgan fingerprint density at radius 3 is 2.82 bits per heavy atom. The maximum absolute atomic E-state index is 13.0. The van der Waals surface area contributed by atoms with Crippen molar-refractivity contribution in [1.82, 2.24) is 4.90 Å². The number of furan rings is 1. The van der Waals surface area contributed by atoms with E-state index in [4.69, 9.17) is 4.42 Å². The van der Waals surface area contributed by atoms with Crippen LogP contribution >= 0.6 is 0 Å². The van der Waals surface area contributed by atoms with E-state index in [0.29, 0.717) is 24.3 Å². The van der Waals surface area contributed by atoms with Gasteiger partial charge in [0.15, 0.2) is 0 Å². The molecule has 1 fully saturated rings. The summed E-state index contributed by atoms with van der Waals surface area (Å²) in [6, 6.07) is 9.00. The van der Waals surface area contributed by atoms with Gasteiger partial charge in [-0.25, -0.2) is 4.39 Å². The molecule has 1 amide bonds. The summed E-state index contributed by atoms with van der Waals surface area (Å²) in [7, 11) is 0.